The molecule has 2 rings (SSSR count). The van der Waals surface area contributed by atoms with Crippen molar-refractivity contribution >= 4 is 12.0 Å². The average molecular weight is 268 g/mol. The average Bonchev–Trinajstić information content (AvgIpc) is 2.73. The van der Waals surface area contributed by atoms with Gasteiger partial charge in [-0.3, -0.25) is 0 Å². The van der Waals surface area contributed by atoms with Crippen LogP contribution in [0.15, 0.2) is 0 Å². The quantitative estimate of drug-likeness (QED) is 0.342. The molecule has 0 bridgehead atoms. The Morgan fingerprint density at radius 1 is 1.29 bits per heavy atom. The second-order valence-electron chi connectivity index (χ2n) is 4.27. The molecule has 0 radical (unpaired) electrons. The predicted molar refractivity (Wildman–Crippen MR) is 56.8 cm³/mol. The first kappa shape index (κ1) is 13.5. The lowest BCUT2D eigenvalue weighted by Crippen LogP contribution is -2.31. The smallest absolute Gasteiger partial charge is 0.186 e. The number of hydrogen-bond acceptors (Lipinski definition) is 8. The molecule has 7 nitrogen and oxygen atoms in total. The fraction of sp³-hybridized carbons (Fsp3) is 1.00. The summed E-state index contributed by atoms with van der Waals surface area (Å²) in [6.07, 6.45) is -1.17. The van der Waals surface area contributed by atoms with E-state index in [9.17, 15) is 0 Å². The monoisotopic (exact) mass is 268 g/mol. The Balaban J connectivity index is 1.95. The van der Waals surface area contributed by atoms with Crippen LogP contribution in [0, 0.1) is 0 Å². The summed E-state index contributed by atoms with van der Waals surface area (Å²) < 4.78 is 26.6. The molecular formula is C9H16O7S. The van der Waals surface area contributed by atoms with E-state index < -0.39 is 12.1 Å². The topological polar surface area (TPSA) is 75.6 Å². The Morgan fingerprint density at radius 3 is 2.65 bits per heavy atom. The number of rotatable bonds is 5. The van der Waals surface area contributed by atoms with Gasteiger partial charge in [0.05, 0.1) is 5.75 Å². The van der Waals surface area contributed by atoms with Crippen molar-refractivity contribution in [3.05, 3.63) is 0 Å². The van der Waals surface area contributed by atoms with Crippen LogP contribution in [0.1, 0.15) is 13.8 Å². The molecule has 0 amide bonds. The van der Waals surface area contributed by atoms with Crippen LogP contribution in [-0.2, 0) is 28.3 Å². The first-order chi connectivity index (χ1) is 8.07. The highest BCUT2D eigenvalue weighted by molar-refractivity contribution is 7.94. The number of fused-ring (bicyclic) bond motifs is 1. The molecule has 2 heterocycles. The summed E-state index contributed by atoms with van der Waals surface area (Å²) in [5.41, 5.74) is 0. The third kappa shape index (κ3) is 2.91. The lowest BCUT2D eigenvalue weighted by Gasteiger charge is -2.23. The minimum atomic E-state index is -0.646. The second-order valence-corrected chi connectivity index (χ2v) is 4.98. The van der Waals surface area contributed by atoms with Crippen molar-refractivity contribution in [2.45, 2.75) is 44.2 Å². The third-order valence-electron chi connectivity index (χ3n) is 2.65. The molecule has 8 heteroatoms. The van der Waals surface area contributed by atoms with Crippen LogP contribution in [0.5, 0.6) is 0 Å². The van der Waals surface area contributed by atoms with Crippen molar-refractivity contribution in [3.63, 3.8) is 0 Å². The van der Waals surface area contributed by atoms with Gasteiger partial charge in [0.1, 0.15) is 18.3 Å². The summed E-state index contributed by atoms with van der Waals surface area (Å²) in [5.74, 6) is -0.214. The van der Waals surface area contributed by atoms with E-state index in [2.05, 4.69) is 9.37 Å². The molecule has 2 aliphatic heterocycles. The van der Waals surface area contributed by atoms with Crippen molar-refractivity contribution in [2.24, 2.45) is 0 Å². The Morgan fingerprint density at radius 2 is 2.00 bits per heavy atom. The van der Waals surface area contributed by atoms with Crippen molar-refractivity contribution in [3.8, 4) is 0 Å². The summed E-state index contributed by atoms with van der Waals surface area (Å²) >= 11 is 0.924. The van der Waals surface area contributed by atoms with Gasteiger partial charge in [0, 0.05) is 19.2 Å². The highest BCUT2D eigenvalue weighted by Crippen LogP contribution is 2.39. The standard InChI is InChI=1S/C9H16O7S/c1-9(2)13-6-5(4-17-16-15-10)12-8(11-3)7(6)14-9/h5-8,10H,4H2,1-3H3. The maximum absolute atomic E-state index is 8.04. The highest BCUT2D eigenvalue weighted by atomic mass is 32.2. The molecule has 0 aliphatic carbocycles. The van der Waals surface area contributed by atoms with Crippen LogP contribution >= 0.6 is 12.0 Å². The van der Waals surface area contributed by atoms with Crippen molar-refractivity contribution in [2.75, 3.05) is 12.9 Å². The fourth-order valence-electron chi connectivity index (χ4n) is 2.08. The van der Waals surface area contributed by atoms with E-state index in [4.69, 9.17) is 24.2 Å². The number of ether oxygens (including phenoxy) is 4. The molecule has 0 saturated carbocycles. The summed E-state index contributed by atoms with van der Waals surface area (Å²) in [7, 11) is 1.55. The van der Waals surface area contributed by atoms with E-state index in [0.29, 0.717) is 5.75 Å². The van der Waals surface area contributed by atoms with Crippen LogP contribution < -0.4 is 0 Å². The first-order valence-electron chi connectivity index (χ1n) is 5.21. The maximum atomic E-state index is 8.04. The Labute approximate surface area is 103 Å². The molecule has 2 saturated heterocycles. The van der Waals surface area contributed by atoms with Gasteiger partial charge in [-0.2, -0.15) is 0 Å². The molecule has 0 aromatic rings. The lowest BCUT2D eigenvalue weighted by atomic mass is 10.2. The van der Waals surface area contributed by atoms with Gasteiger partial charge >= 0.3 is 0 Å². The van der Waals surface area contributed by atoms with Crippen LogP contribution in [0.3, 0.4) is 0 Å². The van der Waals surface area contributed by atoms with E-state index in [-0.39, 0.29) is 18.3 Å². The van der Waals surface area contributed by atoms with Gasteiger partial charge < -0.3 is 18.9 Å². The number of hydrogen-bond donors (Lipinski definition) is 1. The maximum Gasteiger partial charge on any atom is 0.186 e. The SMILES string of the molecule is COC1OC(CSOOO)C2OC(C)(C)OC12. The summed E-state index contributed by atoms with van der Waals surface area (Å²) in [5, 5.41) is 11.6. The van der Waals surface area contributed by atoms with Crippen LogP contribution in [0.4, 0.5) is 0 Å². The summed E-state index contributed by atoms with van der Waals surface area (Å²) in [6, 6.07) is 0. The molecule has 0 aromatic heterocycles. The largest absolute Gasteiger partial charge is 0.353 e. The summed E-state index contributed by atoms with van der Waals surface area (Å²) in [6.45, 7) is 3.69. The van der Waals surface area contributed by atoms with Crippen LogP contribution in [0.25, 0.3) is 0 Å². The molecule has 1 N–H and O–H groups in total. The van der Waals surface area contributed by atoms with Gasteiger partial charge in [-0.15, -0.1) is 4.33 Å². The van der Waals surface area contributed by atoms with Gasteiger partial charge in [-0.25, -0.2) is 5.26 Å². The zero-order valence-corrected chi connectivity index (χ0v) is 10.6. The van der Waals surface area contributed by atoms with Gasteiger partial charge in [0.2, 0.25) is 0 Å². The minimum absolute atomic E-state index is 0.218. The molecule has 0 spiro atoms. The van der Waals surface area contributed by atoms with E-state index in [1.54, 1.807) is 7.11 Å². The Kier molecular flexibility index (Phi) is 4.26. The molecule has 0 aromatic carbocycles. The molecule has 17 heavy (non-hydrogen) atoms. The van der Waals surface area contributed by atoms with E-state index >= 15 is 0 Å². The van der Waals surface area contributed by atoms with Crippen molar-refractivity contribution < 1.29 is 33.6 Å². The molecular weight excluding hydrogens is 252 g/mol. The van der Waals surface area contributed by atoms with Gasteiger partial charge in [-0.1, -0.05) is 5.04 Å². The molecule has 2 fully saturated rings. The zero-order valence-electron chi connectivity index (χ0n) is 9.82. The normalized spacial score (nSPS) is 39.5. The first-order valence-corrected chi connectivity index (χ1v) is 6.12. The molecule has 2 aliphatic rings. The van der Waals surface area contributed by atoms with Gasteiger partial charge in [0.25, 0.3) is 0 Å². The van der Waals surface area contributed by atoms with E-state index in [1.165, 1.54) is 0 Å². The predicted octanol–water partition coefficient (Wildman–Crippen LogP) is 0.947. The number of methoxy groups -OCH3 is 1. The minimum Gasteiger partial charge on any atom is -0.353 e. The lowest BCUT2D eigenvalue weighted by molar-refractivity contribution is -0.432. The highest BCUT2D eigenvalue weighted by Gasteiger charge is 2.55. The van der Waals surface area contributed by atoms with Crippen molar-refractivity contribution in [1.82, 2.24) is 0 Å². The molecule has 4 atom stereocenters. The van der Waals surface area contributed by atoms with E-state index in [0.717, 1.165) is 12.0 Å². The van der Waals surface area contributed by atoms with Gasteiger partial charge in [-0.05, 0) is 13.8 Å². The third-order valence-corrected chi connectivity index (χ3v) is 3.27. The molecule has 4 unspecified atom stereocenters. The Bertz CT molecular complexity index is 262. The zero-order chi connectivity index (χ0) is 12.5. The fourth-order valence-corrected chi connectivity index (χ4v) is 2.58. The summed E-state index contributed by atoms with van der Waals surface area (Å²) in [4.78, 5) is 0. The second kappa shape index (κ2) is 5.37. The van der Waals surface area contributed by atoms with Crippen LogP contribution in [-0.4, -0.2) is 48.5 Å². The van der Waals surface area contributed by atoms with Crippen LogP contribution in [0.2, 0.25) is 0 Å². The van der Waals surface area contributed by atoms with Crippen molar-refractivity contribution in [1.29, 1.82) is 0 Å². The molecule has 100 valence electrons. The van der Waals surface area contributed by atoms with E-state index in [1.807, 2.05) is 13.8 Å². The Hall–Kier alpha value is 0.0700. The van der Waals surface area contributed by atoms with Gasteiger partial charge in [0.15, 0.2) is 12.1 Å².